The van der Waals surface area contributed by atoms with Gasteiger partial charge < -0.3 is 19.7 Å². The molecule has 2 aliphatic rings. The number of thiazole rings is 1. The largest absolute Gasteiger partial charge is 0.454 e. The van der Waals surface area contributed by atoms with Crippen LogP contribution >= 0.6 is 23.6 Å². The predicted octanol–water partition coefficient (Wildman–Crippen LogP) is 5.52. The minimum absolute atomic E-state index is 0.312. The summed E-state index contributed by atoms with van der Waals surface area (Å²) in [5, 5.41) is 5.22. The Bertz CT molecular complexity index is 1380. The number of hydrogen-bond donors (Lipinski definition) is 1. The van der Waals surface area contributed by atoms with Crippen molar-refractivity contribution in [1.82, 2.24) is 14.8 Å². The van der Waals surface area contributed by atoms with Crippen LogP contribution in [-0.4, -0.2) is 52.9 Å². The Balaban J connectivity index is 1.03. The molecule has 0 unspecified atom stereocenters. The maximum Gasteiger partial charge on any atom is 0.231 e. The molecule has 35 heavy (non-hydrogen) atoms. The minimum Gasteiger partial charge on any atom is -0.454 e. The number of rotatable bonds is 4. The van der Waals surface area contributed by atoms with Gasteiger partial charge in [-0.3, -0.25) is 4.90 Å². The lowest BCUT2D eigenvalue weighted by atomic mass is 10.1. The van der Waals surface area contributed by atoms with E-state index >= 15 is 0 Å². The van der Waals surface area contributed by atoms with E-state index in [9.17, 15) is 0 Å². The van der Waals surface area contributed by atoms with Gasteiger partial charge in [0.25, 0.3) is 0 Å². The molecule has 3 aromatic carbocycles. The Labute approximate surface area is 214 Å². The molecule has 178 valence electrons. The SMILES string of the molecule is Cc1ccc2nc(-c3ccc(NC(=S)N4CCN(Cc5ccc6c(c5)OCO6)CC4)cc3)sc2c1. The molecule has 1 fully saturated rings. The van der Waals surface area contributed by atoms with Crippen LogP contribution in [0.15, 0.2) is 60.7 Å². The third-order valence-corrected chi connectivity index (χ3v) is 7.86. The van der Waals surface area contributed by atoms with Gasteiger partial charge in [0.2, 0.25) is 6.79 Å². The first kappa shape index (κ1) is 22.3. The van der Waals surface area contributed by atoms with Gasteiger partial charge in [-0.25, -0.2) is 4.98 Å². The number of fused-ring (bicyclic) bond motifs is 2. The first-order valence-corrected chi connectivity index (χ1v) is 13.0. The number of hydrogen-bond acceptors (Lipinski definition) is 6. The Morgan fingerprint density at radius 2 is 1.77 bits per heavy atom. The third-order valence-electron chi connectivity index (χ3n) is 6.43. The van der Waals surface area contributed by atoms with Gasteiger partial charge in [0.15, 0.2) is 16.6 Å². The molecular formula is C27H26N4O2S2. The first-order valence-electron chi connectivity index (χ1n) is 11.8. The summed E-state index contributed by atoms with van der Waals surface area (Å²) < 4.78 is 12.1. The molecule has 0 bridgehead atoms. The smallest absolute Gasteiger partial charge is 0.231 e. The summed E-state index contributed by atoms with van der Waals surface area (Å²) in [7, 11) is 0. The standard InChI is InChI=1S/C27H26N4O2S2/c1-18-2-8-22-25(14-18)35-26(29-22)20-4-6-21(7-5-20)28-27(34)31-12-10-30(11-13-31)16-19-3-9-23-24(15-19)33-17-32-23/h2-9,14-15H,10-13,16-17H2,1H3,(H,28,34). The van der Waals surface area contributed by atoms with Gasteiger partial charge in [-0.05, 0) is 78.8 Å². The number of piperazine rings is 1. The van der Waals surface area contributed by atoms with E-state index in [1.54, 1.807) is 11.3 Å². The Morgan fingerprint density at radius 1 is 0.971 bits per heavy atom. The fourth-order valence-electron chi connectivity index (χ4n) is 4.46. The van der Waals surface area contributed by atoms with Crippen molar-refractivity contribution in [2.24, 2.45) is 0 Å². The molecular weight excluding hydrogens is 476 g/mol. The average Bonchev–Trinajstić information content (AvgIpc) is 3.51. The number of anilines is 1. The number of nitrogens with one attached hydrogen (secondary N) is 1. The number of thiocarbonyl (C=S) groups is 1. The summed E-state index contributed by atoms with van der Waals surface area (Å²) in [5.41, 5.74) is 5.67. The van der Waals surface area contributed by atoms with E-state index in [1.807, 2.05) is 6.07 Å². The maximum absolute atomic E-state index is 5.72. The summed E-state index contributed by atoms with van der Waals surface area (Å²) in [6.45, 7) is 7.06. The van der Waals surface area contributed by atoms with E-state index in [1.165, 1.54) is 15.8 Å². The van der Waals surface area contributed by atoms with Crippen molar-refractivity contribution in [3.63, 3.8) is 0 Å². The molecule has 1 saturated heterocycles. The van der Waals surface area contributed by atoms with E-state index < -0.39 is 0 Å². The quantitative estimate of drug-likeness (QED) is 0.369. The summed E-state index contributed by atoms with van der Waals surface area (Å²) in [6, 6.07) is 21.0. The van der Waals surface area contributed by atoms with Crippen LogP contribution in [0.1, 0.15) is 11.1 Å². The van der Waals surface area contributed by atoms with Crippen molar-refractivity contribution in [3.05, 3.63) is 71.8 Å². The lowest BCUT2D eigenvalue weighted by molar-refractivity contribution is 0.173. The molecule has 1 N–H and O–H groups in total. The highest BCUT2D eigenvalue weighted by Crippen LogP contribution is 2.33. The third kappa shape index (κ3) is 4.82. The van der Waals surface area contributed by atoms with Crippen LogP contribution in [0.4, 0.5) is 5.69 Å². The second-order valence-electron chi connectivity index (χ2n) is 8.95. The lowest BCUT2D eigenvalue weighted by Gasteiger charge is -2.36. The number of aromatic nitrogens is 1. The molecule has 0 aliphatic carbocycles. The van der Waals surface area contributed by atoms with Crippen molar-refractivity contribution in [1.29, 1.82) is 0 Å². The van der Waals surface area contributed by atoms with Crippen LogP contribution in [0.3, 0.4) is 0 Å². The highest BCUT2D eigenvalue weighted by Gasteiger charge is 2.20. The topological polar surface area (TPSA) is 49.9 Å². The van der Waals surface area contributed by atoms with Gasteiger partial charge in [-0.2, -0.15) is 0 Å². The molecule has 2 aliphatic heterocycles. The van der Waals surface area contributed by atoms with Gasteiger partial charge in [0.1, 0.15) is 5.01 Å². The van der Waals surface area contributed by atoms with Crippen molar-refractivity contribution >= 4 is 44.6 Å². The predicted molar refractivity (Wildman–Crippen MR) is 145 cm³/mol. The summed E-state index contributed by atoms with van der Waals surface area (Å²) in [5.74, 6) is 1.67. The molecule has 0 atom stereocenters. The second kappa shape index (κ2) is 9.45. The van der Waals surface area contributed by atoms with Crippen LogP contribution in [0.25, 0.3) is 20.8 Å². The normalized spacial score (nSPS) is 15.5. The van der Waals surface area contributed by atoms with Crippen LogP contribution in [-0.2, 0) is 6.54 Å². The molecule has 4 aromatic rings. The number of benzene rings is 3. The van der Waals surface area contributed by atoms with Crippen LogP contribution < -0.4 is 14.8 Å². The van der Waals surface area contributed by atoms with Gasteiger partial charge in [0, 0.05) is 44.0 Å². The Kier molecular flexibility index (Phi) is 6.01. The van der Waals surface area contributed by atoms with Gasteiger partial charge in [-0.15, -0.1) is 11.3 Å². The fraction of sp³-hybridized carbons (Fsp3) is 0.259. The number of aryl methyl sites for hydroxylation is 1. The molecule has 6 nitrogen and oxygen atoms in total. The average molecular weight is 503 g/mol. The molecule has 0 spiro atoms. The van der Waals surface area contributed by atoms with Gasteiger partial charge in [-0.1, -0.05) is 12.1 Å². The molecule has 0 saturated carbocycles. The number of ether oxygens (including phenoxy) is 2. The van der Waals surface area contributed by atoms with E-state index in [4.69, 9.17) is 26.7 Å². The highest BCUT2D eigenvalue weighted by molar-refractivity contribution is 7.80. The van der Waals surface area contributed by atoms with E-state index in [-0.39, 0.29) is 0 Å². The molecule has 6 rings (SSSR count). The van der Waals surface area contributed by atoms with E-state index in [2.05, 4.69) is 76.6 Å². The zero-order valence-corrected chi connectivity index (χ0v) is 21.1. The zero-order chi connectivity index (χ0) is 23.8. The van der Waals surface area contributed by atoms with Crippen molar-refractivity contribution in [2.75, 3.05) is 38.3 Å². The minimum atomic E-state index is 0.312. The second-order valence-corrected chi connectivity index (χ2v) is 10.4. The molecule has 0 radical (unpaired) electrons. The molecule has 1 aromatic heterocycles. The van der Waals surface area contributed by atoms with Crippen LogP contribution in [0.2, 0.25) is 0 Å². The molecule has 0 amide bonds. The van der Waals surface area contributed by atoms with E-state index in [0.29, 0.717) is 6.79 Å². The van der Waals surface area contributed by atoms with Crippen LogP contribution in [0.5, 0.6) is 11.5 Å². The molecule has 8 heteroatoms. The number of nitrogens with zero attached hydrogens (tertiary/aromatic N) is 3. The van der Waals surface area contributed by atoms with Crippen LogP contribution in [0, 0.1) is 6.92 Å². The highest BCUT2D eigenvalue weighted by atomic mass is 32.1. The Morgan fingerprint density at radius 3 is 2.60 bits per heavy atom. The van der Waals surface area contributed by atoms with Crippen molar-refractivity contribution in [3.8, 4) is 22.1 Å². The molecule has 3 heterocycles. The van der Waals surface area contributed by atoms with Crippen molar-refractivity contribution in [2.45, 2.75) is 13.5 Å². The summed E-state index contributed by atoms with van der Waals surface area (Å²) >= 11 is 7.45. The summed E-state index contributed by atoms with van der Waals surface area (Å²) in [6.07, 6.45) is 0. The van der Waals surface area contributed by atoms with Crippen molar-refractivity contribution < 1.29 is 9.47 Å². The zero-order valence-electron chi connectivity index (χ0n) is 19.5. The van der Waals surface area contributed by atoms with Gasteiger partial charge in [0.05, 0.1) is 10.2 Å². The maximum atomic E-state index is 5.72. The monoisotopic (exact) mass is 502 g/mol. The lowest BCUT2D eigenvalue weighted by Crippen LogP contribution is -2.49. The first-order chi connectivity index (χ1) is 17.1. The Hall–Kier alpha value is -3.20. The fourth-order valence-corrected chi connectivity index (χ4v) is 5.83. The van der Waals surface area contributed by atoms with Gasteiger partial charge >= 0.3 is 0 Å². The summed E-state index contributed by atoms with van der Waals surface area (Å²) in [4.78, 5) is 9.48. The van der Waals surface area contributed by atoms with E-state index in [0.717, 1.165) is 71.1 Å².